The van der Waals surface area contributed by atoms with Gasteiger partial charge in [0.15, 0.2) is 11.6 Å². The number of carbonyl (C=O) groups is 2. The first-order valence-electron chi connectivity index (χ1n) is 13.1. The smallest absolute Gasteiger partial charge is 0.222 e. The van der Waals surface area contributed by atoms with E-state index < -0.39 is 0 Å². The molecule has 1 aromatic carbocycles. The highest BCUT2D eigenvalue weighted by molar-refractivity contribution is 6.00. The lowest BCUT2D eigenvalue weighted by molar-refractivity contribution is -0.131. The van der Waals surface area contributed by atoms with Crippen molar-refractivity contribution in [2.75, 3.05) is 63.1 Å². The van der Waals surface area contributed by atoms with Gasteiger partial charge in [0.25, 0.3) is 0 Å². The number of nitrogens with two attached hydrogens (primary N) is 1. The molecule has 3 aromatic rings. The minimum absolute atomic E-state index is 0.110. The number of carbonyl (C=O) groups excluding carboxylic acids is 2. The van der Waals surface area contributed by atoms with Crippen LogP contribution in [0.3, 0.4) is 0 Å². The summed E-state index contributed by atoms with van der Waals surface area (Å²) in [5.74, 6) is 0.0922. The zero-order valence-electron chi connectivity index (χ0n) is 21.4. The first-order chi connectivity index (χ1) is 18.6. The lowest BCUT2D eigenvalue weighted by Gasteiger charge is -2.30. The minimum atomic E-state index is -0.206. The Bertz CT molecular complexity index is 1270. The van der Waals surface area contributed by atoms with Crippen LogP contribution in [-0.4, -0.2) is 84.0 Å². The second-order valence-electron chi connectivity index (χ2n) is 9.52. The summed E-state index contributed by atoms with van der Waals surface area (Å²) in [6.07, 6.45) is 6.33. The van der Waals surface area contributed by atoms with Crippen LogP contribution in [0.2, 0.25) is 0 Å². The van der Waals surface area contributed by atoms with Gasteiger partial charge in [0.1, 0.15) is 5.69 Å². The van der Waals surface area contributed by atoms with Crippen molar-refractivity contribution in [1.29, 1.82) is 0 Å². The maximum Gasteiger partial charge on any atom is 0.222 e. The third-order valence-corrected chi connectivity index (χ3v) is 6.99. The number of pyridine rings is 1. The third-order valence-electron chi connectivity index (χ3n) is 6.99. The molecule has 0 aliphatic carbocycles. The summed E-state index contributed by atoms with van der Waals surface area (Å²) in [7, 11) is 0. The van der Waals surface area contributed by atoms with Crippen LogP contribution in [0, 0.1) is 0 Å². The van der Waals surface area contributed by atoms with Crippen molar-refractivity contribution in [3.63, 3.8) is 0 Å². The van der Waals surface area contributed by atoms with Gasteiger partial charge < -0.3 is 25.6 Å². The number of nitrogens with one attached hydrogen (secondary N) is 1. The zero-order valence-corrected chi connectivity index (χ0v) is 21.4. The Morgan fingerprint density at radius 1 is 1.00 bits per heavy atom. The van der Waals surface area contributed by atoms with Gasteiger partial charge in [-0.2, -0.15) is 0 Å². The molecule has 0 saturated carbocycles. The van der Waals surface area contributed by atoms with E-state index in [1.807, 2.05) is 35.2 Å². The van der Waals surface area contributed by atoms with Crippen molar-refractivity contribution in [2.24, 2.45) is 0 Å². The van der Waals surface area contributed by atoms with Gasteiger partial charge in [-0.05, 0) is 18.1 Å². The first-order valence-corrected chi connectivity index (χ1v) is 13.1. The van der Waals surface area contributed by atoms with Crippen LogP contribution in [0.25, 0.3) is 11.3 Å². The molecule has 0 unspecified atom stereocenters. The molecule has 10 heteroatoms. The molecule has 0 spiro atoms. The topological polar surface area (TPSA) is 127 Å². The molecule has 5 rings (SSSR count). The van der Waals surface area contributed by atoms with Crippen LogP contribution < -0.4 is 16.0 Å². The van der Waals surface area contributed by atoms with Gasteiger partial charge >= 0.3 is 0 Å². The Labute approximate surface area is 222 Å². The molecule has 2 saturated heterocycles. The van der Waals surface area contributed by atoms with E-state index in [-0.39, 0.29) is 29.6 Å². The second kappa shape index (κ2) is 12.1. The molecule has 2 aliphatic heterocycles. The molecule has 10 nitrogen and oxygen atoms in total. The number of aryl methyl sites for hydroxylation is 1. The summed E-state index contributed by atoms with van der Waals surface area (Å²) in [5, 5.41) is 3.26. The van der Waals surface area contributed by atoms with Crippen molar-refractivity contribution in [3.05, 3.63) is 65.7 Å². The van der Waals surface area contributed by atoms with E-state index in [0.717, 1.165) is 61.6 Å². The highest BCUT2D eigenvalue weighted by atomic mass is 16.5. The van der Waals surface area contributed by atoms with E-state index in [1.165, 1.54) is 0 Å². The summed E-state index contributed by atoms with van der Waals surface area (Å²) in [6.45, 7) is 6.08. The fourth-order valence-corrected chi connectivity index (χ4v) is 4.83. The first kappa shape index (κ1) is 25.7. The molecule has 198 valence electrons. The van der Waals surface area contributed by atoms with Crippen molar-refractivity contribution in [3.8, 4) is 11.3 Å². The summed E-state index contributed by atoms with van der Waals surface area (Å²) < 4.78 is 5.46. The maximum atomic E-state index is 13.3. The molecule has 1 amide bonds. The fourth-order valence-electron chi connectivity index (χ4n) is 4.83. The van der Waals surface area contributed by atoms with Crippen LogP contribution in [-0.2, 0) is 22.4 Å². The molecule has 2 aromatic heterocycles. The Morgan fingerprint density at radius 3 is 2.53 bits per heavy atom. The number of hydrogen-bond acceptors (Lipinski definition) is 9. The number of anilines is 2. The number of nitrogen functional groups attached to an aromatic ring is 1. The molecular weight excluding hydrogens is 482 g/mol. The van der Waals surface area contributed by atoms with Crippen molar-refractivity contribution < 1.29 is 14.3 Å². The third kappa shape index (κ3) is 6.15. The van der Waals surface area contributed by atoms with Gasteiger partial charge in [-0.15, -0.1) is 0 Å². The molecule has 2 fully saturated rings. The van der Waals surface area contributed by atoms with Crippen LogP contribution >= 0.6 is 0 Å². The number of aromatic nitrogens is 3. The fraction of sp³-hybridized carbons (Fsp3) is 0.393. The van der Waals surface area contributed by atoms with Crippen molar-refractivity contribution in [2.45, 2.75) is 19.3 Å². The maximum absolute atomic E-state index is 13.3. The van der Waals surface area contributed by atoms with Gasteiger partial charge in [-0.3, -0.25) is 14.6 Å². The standard InChI is InChI=1S/C28H33N7O3/c29-28-27(25(36)17-22-18-31-8-7-24(22)34-13-15-38-16-14-34)33-23(19-32-28)21-4-1-20(2-5-21)3-6-26(37)35-11-9-30-10-12-35/h1-2,4-5,7-8,18-19,30H,3,6,9-17H2,(H2,29,32). The predicted octanol–water partition coefficient (Wildman–Crippen LogP) is 1.75. The number of rotatable bonds is 8. The minimum Gasteiger partial charge on any atom is -0.382 e. The number of piperazine rings is 1. The molecule has 4 heterocycles. The second-order valence-corrected chi connectivity index (χ2v) is 9.52. The Kier molecular flexibility index (Phi) is 8.20. The van der Waals surface area contributed by atoms with Gasteiger partial charge in [-0.1, -0.05) is 24.3 Å². The molecule has 0 bridgehead atoms. The van der Waals surface area contributed by atoms with Crippen molar-refractivity contribution in [1.82, 2.24) is 25.2 Å². The number of morpholine rings is 1. The molecular formula is C28H33N7O3. The summed E-state index contributed by atoms with van der Waals surface area (Å²) in [4.78, 5) is 43.0. The zero-order chi connectivity index (χ0) is 26.3. The van der Waals surface area contributed by atoms with E-state index in [4.69, 9.17) is 10.5 Å². The monoisotopic (exact) mass is 515 g/mol. The summed E-state index contributed by atoms with van der Waals surface area (Å²) in [5.41, 5.74) is 10.5. The largest absolute Gasteiger partial charge is 0.382 e. The van der Waals surface area contributed by atoms with Crippen LogP contribution in [0.5, 0.6) is 0 Å². The number of ether oxygens (including phenoxy) is 1. The molecule has 0 atom stereocenters. The van der Waals surface area contributed by atoms with Crippen molar-refractivity contribution >= 4 is 23.2 Å². The number of Topliss-reactive ketones (excluding diaryl/α,β-unsaturated/α-hetero) is 1. The summed E-state index contributed by atoms with van der Waals surface area (Å²) in [6, 6.07) is 9.79. The lowest BCUT2D eigenvalue weighted by Crippen LogP contribution is -2.46. The highest BCUT2D eigenvalue weighted by Gasteiger charge is 2.20. The molecule has 0 radical (unpaired) electrons. The van der Waals surface area contributed by atoms with Gasteiger partial charge in [0, 0.05) is 81.3 Å². The quantitative estimate of drug-likeness (QED) is 0.431. The molecule has 38 heavy (non-hydrogen) atoms. The molecule has 3 N–H and O–H groups in total. The van der Waals surface area contributed by atoms with Crippen LogP contribution in [0.1, 0.15) is 28.0 Å². The Hall–Kier alpha value is -3.89. The van der Waals surface area contributed by atoms with E-state index in [0.29, 0.717) is 31.7 Å². The number of benzene rings is 1. The number of amides is 1. The van der Waals surface area contributed by atoms with Gasteiger partial charge in [0.2, 0.25) is 5.91 Å². The number of nitrogens with zero attached hydrogens (tertiary/aromatic N) is 5. The lowest BCUT2D eigenvalue weighted by atomic mass is 10.0. The molecule has 2 aliphatic rings. The van der Waals surface area contributed by atoms with E-state index >= 15 is 0 Å². The normalized spacial score (nSPS) is 15.9. The SMILES string of the molecule is Nc1ncc(-c2ccc(CCC(=O)N3CCNCC3)cc2)nc1C(=O)Cc1cnccc1N1CCOCC1. The van der Waals surface area contributed by atoms with E-state index in [9.17, 15) is 9.59 Å². The number of ketones is 1. The van der Waals surface area contributed by atoms with Gasteiger partial charge in [-0.25, -0.2) is 9.97 Å². The van der Waals surface area contributed by atoms with Gasteiger partial charge in [0.05, 0.1) is 25.1 Å². The van der Waals surface area contributed by atoms with Crippen LogP contribution in [0.4, 0.5) is 11.5 Å². The van der Waals surface area contributed by atoms with Crippen LogP contribution in [0.15, 0.2) is 48.9 Å². The Balaban J connectivity index is 1.26. The summed E-state index contributed by atoms with van der Waals surface area (Å²) >= 11 is 0. The average molecular weight is 516 g/mol. The number of hydrogen-bond donors (Lipinski definition) is 2. The Morgan fingerprint density at radius 2 is 1.76 bits per heavy atom. The average Bonchev–Trinajstić information content (AvgIpc) is 2.97. The van der Waals surface area contributed by atoms with E-state index in [2.05, 4.69) is 25.2 Å². The van der Waals surface area contributed by atoms with E-state index in [1.54, 1.807) is 18.6 Å². The predicted molar refractivity (Wildman–Crippen MR) is 145 cm³/mol. The highest BCUT2D eigenvalue weighted by Crippen LogP contribution is 2.24.